The molecule has 0 radical (unpaired) electrons. The number of amides is 1. The Bertz CT molecular complexity index is 996. The zero-order chi connectivity index (χ0) is 19.2. The van der Waals surface area contributed by atoms with Gasteiger partial charge in [-0.3, -0.25) is 14.2 Å². The van der Waals surface area contributed by atoms with E-state index in [1.807, 2.05) is 23.6 Å². The number of aryl methyl sites for hydroxylation is 1. The van der Waals surface area contributed by atoms with Crippen molar-refractivity contribution in [2.24, 2.45) is 0 Å². The third-order valence-corrected chi connectivity index (χ3v) is 5.03. The van der Waals surface area contributed by atoms with Crippen LogP contribution in [-0.4, -0.2) is 36.2 Å². The van der Waals surface area contributed by atoms with Gasteiger partial charge in [-0.15, -0.1) is 11.3 Å². The van der Waals surface area contributed by atoms with Crippen molar-refractivity contribution in [3.05, 3.63) is 51.9 Å². The maximum Gasteiger partial charge on any atom is 0.262 e. The molecule has 2 aromatic heterocycles. The first-order valence-electron chi connectivity index (χ1n) is 8.52. The number of carbonyl (C=O) groups is 1. The lowest BCUT2D eigenvalue weighted by atomic mass is 10.1. The molecule has 142 valence electrons. The average molecular weight is 387 g/mol. The van der Waals surface area contributed by atoms with Crippen LogP contribution in [0.2, 0.25) is 0 Å². The normalized spacial score (nSPS) is 10.7. The van der Waals surface area contributed by atoms with Crippen LogP contribution in [0.25, 0.3) is 10.2 Å². The van der Waals surface area contributed by atoms with E-state index < -0.39 is 0 Å². The van der Waals surface area contributed by atoms with Crippen LogP contribution in [0.5, 0.6) is 11.5 Å². The van der Waals surface area contributed by atoms with Crippen LogP contribution in [0.15, 0.2) is 40.8 Å². The van der Waals surface area contributed by atoms with Gasteiger partial charge >= 0.3 is 0 Å². The predicted octanol–water partition coefficient (Wildman–Crippen LogP) is 2.22. The number of hydrogen-bond donors (Lipinski definition) is 1. The standard InChI is InChI=1S/C19H21N3O4S/c1-25-15-4-3-13(11-16(15)26-2)5-8-20-17(23)6-9-22-12-21-18-14(19(22)24)7-10-27-18/h3-4,7,10-12H,5-6,8-9H2,1-2H3,(H,20,23). The van der Waals surface area contributed by atoms with Gasteiger partial charge in [0.05, 0.1) is 25.9 Å². The van der Waals surface area contributed by atoms with Crippen LogP contribution in [0.4, 0.5) is 0 Å². The fourth-order valence-electron chi connectivity index (χ4n) is 2.75. The van der Waals surface area contributed by atoms with Crippen LogP contribution in [-0.2, 0) is 17.8 Å². The molecule has 0 saturated heterocycles. The molecule has 0 fully saturated rings. The van der Waals surface area contributed by atoms with E-state index in [1.54, 1.807) is 20.3 Å². The summed E-state index contributed by atoms with van der Waals surface area (Å²) in [5, 5.41) is 5.31. The van der Waals surface area contributed by atoms with E-state index in [0.29, 0.717) is 36.4 Å². The second-order valence-electron chi connectivity index (χ2n) is 5.92. The third-order valence-electron chi connectivity index (χ3n) is 4.21. The van der Waals surface area contributed by atoms with Gasteiger partial charge in [-0.05, 0) is 35.6 Å². The summed E-state index contributed by atoms with van der Waals surface area (Å²) < 4.78 is 12.0. The summed E-state index contributed by atoms with van der Waals surface area (Å²) in [7, 11) is 3.18. The molecule has 7 nitrogen and oxygen atoms in total. The molecule has 0 aliphatic rings. The Morgan fingerprint density at radius 2 is 2.04 bits per heavy atom. The van der Waals surface area contributed by atoms with Gasteiger partial charge in [0.2, 0.25) is 5.91 Å². The second kappa shape index (κ2) is 8.68. The fourth-order valence-corrected chi connectivity index (χ4v) is 3.47. The summed E-state index contributed by atoms with van der Waals surface area (Å²) in [6.07, 6.45) is 2.40. The molecule has 1 aromatic carbocycles. The zero-order valence-corrected chi connectivity index (χ0v) is 16.0. The minimum Gasteiger partial charge on any atom is -0.493 e. The van der Waals surface area contributed by atoms with Gasteiger partial charge in [-0.1, -0.05) is 6.07 Å². The van der Waals surface area contributed by atoms with Gasteiger partial charge in [-0.25, -0.2) is 4.98 Å². The number of carbonyl (C=O) groups excluding carboxylic acids is 1. The van der Waals surface area contributed by atoms with Crippen molar-refractivity contribution >= 4 is 27.5 Å². The van der Waals surface area contributed by atoms with Gasteiger partial charge in [0, 0.05) is 19.5 Å². The molecule has 1 amide bonds. The van der Waals surface area contributed by atoms with Crippen molar-refractivity contribution in [3.63, 3.8) is 0 Å². The molecular formula is C19H21N3O4S. The monoisotopic (exact) mass is 387 g/mol. The van der Waals surface area contributed by atoms with E-state index in [1.165, 1.54) is 22.2 Å². The number of thiophene rings is 1. The lowest BCUT2D eigenvalue weighted by Gasteiger charge is -2.10. The first-order chi connectivity index (χ1) is 13.1. The summed E-state index contributed by atoms with van der Waals surface area (Å²) >= 11 is 1.43. The minimum atomic E-state index is -0.112. The van der Waals surface area contributed by atoms with E-state index in [-0.39, 0.29) is 17.9 Å². The number of nitrogens with zero attached hydrogens (tertiary/aromatic N) is 2. The van der Waals surface area contributed by atoms with Crippen LogP contribution >= 0.6 is 11.3 Å². The van der Waals surface area contributed by atoms with Crippen LogP contribution < -0.4 is 20.3 Å². The molecule has 0 unspecified atom stereocenters. The second-order valence-corrected chi connectivity index (χ2v) is 6.82. The first kappa shape index (κ1) is 18.9. The largest absolute Gasteiger partial charge is 0.493 e. The average Bonchev–Trinajstić information content (AvgIpc) is 3.17. The van der Waals surface area contributed by atoms with E-state index in [2.05, 4.69) is 10.3 Å². The summed E-state index contributed by atoms with van der Waals surface area (Å²) in [5.74, 6) is 1.23. The van der Waals surface area contributed by atoms with Crippen molar-refractivity contribution in [2.75, 3.05) is 20.8 Å². The summed E-state index contributed by atoms with van der Waals surface area (Å²) in [4.78, 5) is 29.3. The molecule has 0 bridgehead atoms. The molecule has 27 heavy (non-hydrogen) atoms. The summed E-state index contributed by atoms with van der Waals surface area (Å²) in [6.45, 7) is 0.810. The molecule has 0 aliphatic heterocycles. The Morgan fingerprint density at radius 3 is 2.81 bits per heavy atom. The SMILES string of the molecule is COc1ccc(CCNC(=O)CCn2cnc3sccc3c2=O)cc1OC. The lowest BCUT2D eigenvalue weighted by molar-refractivity contribution is -0.121. The van der Waals surface area contributed by atoms with Crippen LogP contribution in [0.3, 0.4) is 0 Å². The molecule has 2 heterocycles. The highest BCUT2D eigenvalue weighted by atomic mass is 32.1. The van der Waals surface area contributed by atoms with E-state index >= 15 is 0 Å². The smallest absolute Gasteiger partial charge is 0.262 e. The molecule has 0 atom stereocenters. The topological polar surface area (TPSA) is 82.5 Å². The number of aromatic nitrogens is 2. The predicted molar refractivity (Wildman–Crippen MR) is 105 cm³/mol. The maximum absolute atomic E-state index is 12.3. The summed E-state index contributed by atoms with van der Waals surface area (Å²) in [5.41, 5.74) is 0.927. The summed E-state index contributed by atoms with van der Waals surface area (Å²) in [6, 6.07) is 7.44. The molecule has 8 heteroatoms. The van der Waals surface area contributed by atoms with Gasteiger partial charge in [0.15, 0.2) is 11.5 Å². The Hall–Kier alpha value is -2.87. The zero-order valence-electron chi connectivity index (χ0n) is 15.2. The highest BCUT2D eigenvalue weighted by molar-refractivity contribution is 7.16. The highest BCUT2D eigenvalue weighted by Crippen LogP contribution is 2.27. The Kier molecular flexibility index (Phi) is 6.08. The van der Waals surface area contributed by atoms with Gasteiger partial charge in [-0.2, -0.15) is 0 Å². The number of nitrogens with one attached hydrogen (secondary N) is 1. The van der Waals surface area contributed by atoms with Crippen LogP contribution in [0, 0.1) is 0 Å². The van der Waals surface area contributed by atoms with Crippen LogP contribution in [0.1, 0.15) is 12.0 Å². The van der Waals surface area contributed by atoms with E-state index in [0.717, 1.165) is 10.4 Å². The lowest BCUT2D eigenvalue weighted by Crippen LogP contribution is -2.28. The van der Waals surface area contributed by atoms with Crippen molar-refractivity contribution in [1.29, 1.82) is 0 Å². The fraction of sp³-hybridized carbons (Fsp3) is 0.316. The molecule has 0 spiro atoms. The highest BCUT2D eigenvalue weighted by Gasteiger charge is 2.08. The number of ether oxygens (including phenoxy) is 2. The van der Waals surface area contributed by atoms with Crippen molar-refractivity contribution < 1.29 is 14.3 Å². The molecule has 0 aliphatic carbocycles. The molecule has 3 aromatic rings. The van der Waals surface area contributed by atoms with Crippen molar-refractivity contribution in [1.82, 2.24) is 14.9 Å². The molecule has 3 rings (SSSR count). The third kappa shape index (κ3) is 4.46. The van der Waals surface area contributed by atoms with E-state index in [9.17, 15) is 9.59 Å². The number of hydrogen-bond acceptors (Lipinski definition) is 6. The molecule has 1 N–H and O–H groups in total. The minimum absolute atomic E-state index is 0.104. The Labute approximate surface area is 160 Å². The quantitative estimate of drug-likeness (QED) is 0.641. The van der Waals surface area contributed by atoms with Gasteiger partial charge in [0.1, 0.15) is 4.83 Å². The molecule has 0 saturated carbocycles. The number of methoxy groups -OCH3 is 2. The maximum atomic E-state index is 12.3. The Morgan fingerprint density at radius 1 is 1.22 bits per heavy atom. The van der Waals surface area contributed by atoms with Gasteiger partial charge < -0.3 is 14.8 Å². The number of fused-ring (bicyclic) bond motifs is 1. The van der Waals surface area contributed by atoms with Gasteiger partial charge in [0.25, 0.3) is 5.56 Å². The van der Waals surface area contributed by atoms with E-state index in [4.69, 9.17) is 9.47 Å². The number of benzene rings is 1. The Balaban J connectivity index is 1.49. The first-order valence-corrected chi connectivity index (χ1v) is 9.40. The number of rotatable bonds is 8. The van der Waals surface area contributed by atoms with Crippen molar-refractivity contribution in [2.45, 2.75) is 19.4 Å². The van der Waals surface area contributed by atoms with Crippen molar-refractivity contribution in [3.8, 4) is 11.5 Å². The molecular weight excluding hydrogens is 366 g/mol.